The Balaban J connectivity index is 2.00. The predicted molar refractivity (Wildman–Crippen MR) is 71.3 cm³/mol. The zero-order valence-corrected chi connectivity index (χ0v) is 9.90. The van der Waals surface area contributed by atoms with Gasteiger partial charge in [0.25, 0.3) is 0 Å². The molecule has 0 radical (unpaired) electrons. The van der Waals surface area contributed by atoms with Gasteiger partial charge in [-0.1, -0.05) is 12.1 Å². The van der Waals surface area contributed by atoms with Crippen molar-refractivity contribution < 1.29 is 4.79 Å². The minimum atomic E-state index is -0.260. The third kappa shape index (κ3) is 1.89. The van der Waals surface area contributed by atoms with Crippen LogP contribution in [0.2, 0.25) is 0 Å². The second-order valence-electron chi connectivity index (χ2n) is 4.13. The summed E-state index contributed by atoms with van der Waals surface area (Å²) in [5.41, 5.74) is 7.66. The van der Waals surface area contributed by atoms with E-state index in [1.54, 1.807) is 12.1 Å². The summed E-state index contributed by atoms with van der Waals surface area (Å²) in [6.45, 7) is 0. The molecule has 0 bridgehead atoms. The lowest BCUT2D eigenvalue weighted by Crippen LogP contribution is -2.12. The molecular formula is C13H11N5O. The van der Waals surface area contributed by atoms with Gasteiger partial charge in [-0.2, -0.15) is 0 Å². The van der Waals surface area contributed by atoms with Gasteiger partial charge < -0.3 is 15.7 Å². The molecule has 0 saturated carbocycles. The van der Waals surface area contributed by atoms with Crippen molar-refractivity contribution in [2.75, 3.05) is 0 Å². The van der Waals surface area contributed by atoms with Crippen LogP contribution in [0, 0.1) is 5.41 Å². The Bertz CT molecular complexity index is 750. The Labute approximate surface area is 108 Å². The van der Waals surface area contributed by atoms with Crippen molar-refractivity contribution >= 4 is 22.7 Å². The smallest absolute Gasteiger partial charge is 0.244 e. The number of ketones is 1. The number of amidine groups is 1. The monoisotopic (exact) mass is 253 g/mol. The van der Waals surface area contributed by atoms with Crippen molar-refractivity contribution in [1.82, 2.24) is 15.0 Å². The molecule has 6 heteroatoms. The van der Waals surface area contributed by atoms with E-state index in [4.69, 9.17) is 11.1 Å². The van der Waals surface area contributed by atoms with Crippen molar-refractivity contribution in [3.05, 3.63) is 53.6 Å². The summed E-state index contributed by atoms with van der Waals surface area (Å²) in [4.78, 5) is 22.2. The van der Waals surface area contributed by atoms with Crippen molar-refractivity contribution in [2.45, 2.75) is 0 Å². The molecule has 0 unspecified atom stereocenters. The number of rotatable bonds is 3. The number of carbonyl (C=O) groups excluding carboxylic acids is 1. The first-order chi connectivity index (χ1) is 9.15. The number of hydrogen-bond donors (Lipinski definition) is 4. The Morgan fingerprint density at radius 1 is 1.11 bits per heavy atom. The molecule has 19 heavy (non-hydrogen) atoms. The molecule has 94 valence electrons. The standard InChI is InChI=1S/C13H11N5O/c14-12(15)10-6-5-9(16-10)11(19)13-17-7-3-1-2-4-8(7)18-13/h1-6,16H,(H3,14,15)(H,17,18). The Morgan fingerprint density at radius 2 is 1.84 bits per heavy atom. The maximum absolute atomic E-state index is 12.2. The van der Waals surface area contributed by atoms with Gasteiger partial charge in [0.15, 0.2) is 5.82 Å². The lowest BCUT2D eigenvalue weighted by Gasteiger charge is -1.94. The summed E-state index contributed by atoms with van der Waals surface area (Å²) in [5, 5.41) is 7.29. The number of nitrogens with two attached hydrogens (primary N) is 1. The summed E-state index contributed by atoms with van der Waals surface area (Å²) < 4.78 is 0. The second-order valence-corrected chi connectivity index (χ2v) is 4.13. The molecule has 3 aromatic rings. The molecule has 3 rings (SSSR count). The van der Waals surface area contributed by atoms with Gasteiger partial charge in [-0.15, -0.1) is 0 Å². The number of nitrogens with one attached hydrogen (secondary N) is 3. The van der Waals surface area contributed by atoms with Gasteiger partial charge in [0.05, 0.1) is 22.4 Å². The number of imidazole rings is 1. The van der Waals surface area contributed by atoms with Crippen LogP contribution in [0.25, 0.3) is 11.0 Å². The van der Waals surface area contributed by atoms with Gasteiger partial charge in [-0.05, 0) is 24.3 Å². The first-order valence-corrected chi connectivity index (χ1v) is 5.68. The molecule has 0 aliphatic carbocycles. The van der Waals surface area contributed by atoms with E-state index < -0.39 is 0 Å². The van der Waals surface area contributed by atoms with E-state index in [2.05, 4.69) is 15.0 Å². The summed E-state index contributed by atoms with van der Waals surface area (Å²) in [7, 11) is 0. The number of hydrogen-bond acceptors (Lipinski definition) is 3. The van der Waals surface area contributed by atoms with Gasteiger partial charge in [0.1, 0.15) is 5.84 Å². The van der Waals surface area contributed by atoms with E-state index in [0.717, 1.165) is 11.0 Å². The number of benzene rings is 1. The number of H-pyrrole nitrogens is 2. The third-order valence-electron chi connectivity index (χ3n) is 2.83. The van der Waals surface area contributed by atoms with Gasteiger partial charge >= 0.3 is 0 Å². The normalized spacial score (nSPS) is 10.7. The minimum Gasteiger partial charge on any atom is -0.382 e. The quantitative estimate of drug-likeness (QED) is 0.321. The van der Waals surface area contributed by atoms with E-state index in [-0.39, 0.29) is 17.4 Å². The van der Waals surface area contributed by atoms with Crippen LogP contribution in [-0.2, 0) is 0 Å². The highest BCUT2D eigenvalue weighted by molar-refractivity contribution is 6.07. The van der Waals surface area contributed by atoms with Crippen LogP contribution in [0.15, 0.2) is 36.4 Å². The molecule has 0 aliphatic heterocycles. The first kappa shape index (κ1) is 11.2. The Hall–Kier alpha value is -2.89. The fraction of sp³-hybridized carbons (Fsp3) is 0. The highest BCUT2D eigenvalue weighted by Crippen LogP contribution is 2.13. The van der Waals surface area contributed by atoms with Crippen LogP contribution < -0.4 is 5.73 Å². The van der Waals surface area contributed by atoms with Crippen LogP contribution in [-0.4, -0.2) is 26.6 Å². The molecule has 6 nitrogen and oxygen atoms in total. The highest BCUT2D eigenvalue weighted by atomic mass is 16.1. The van der Waals surface area contributed by atoms with Gasteiger partial charge in [0, 0.05) is 0 Å². The molecule has 0 aliphatic rings. The number of aromatic amines is 2. The maximum atomic E-state index is 12.2. The minimum absolute atomic E-state index is 0.108. The average Bonchev–Trinajstić information content (AvgIpc) is 3.04. The van der Waals surface area contributed by atoms with Gasteiger partial charge in [-0.3, -0.25) is 10.2 Å². The molecule has 2 heterocycles. The summed E-state index contributed by atoms with van der Waals surface area (Å²) in [6, 6.07) is 10.6. The molecule has 1 aromatic carbocycles. The predicted octanol–water partition coefficient (Wildman–Crippen LogP) is 1.41. The molecule has 0 fully saturated rings. The molecule has 2 aromatic heterocycles. The molecule has 0 saturated heterocycles. The Morgan fingerprint density at radius 3 is 2.53 bits per heavy atom. The molecule has 0 amide bonds. The number of carbonyl (C=O) groups is 1. The highest BCUT2D eigenvalue weighted by Gasteiger charge is 2.15. The van der Waals surface area contributed by atoms with E-state index >= 15 is 0 Å². The number of nitrogens with zero attached hydrogens (tertiary/aromatic N) is 1. The summed E-state index contributed by atoms with van der Waals surface area (Å²) in [5.74, 6) is -0.106. The average molecular weight is 253 g/mol. The number of para-hydroxylation sites is 2. The van der Waals surface area contributed by atoms with Crippen molar-refractivity contribution in [3.8, 4) is 0 Å². The fourth-order valence-corrected chi connectivity index (χ4v) is 1.87. The zero-order chi connectivity index (χ0) is 13.4. The zero-order valence-electron chi connectivity index (χ0n) is 9.90. The largest absolute Gasteiger partial charge is 0.382 e. The van der Waals surface area contributed by atoms with Crippen LogP contribution in [0.5, 0.6) is 0 Å². The number of fused-ring (bicyclic) bond motifs is 1. The van der Waals surface area contributed by atoms with Crippen LogP contribution in [0.4, 0.5) is 0 Å². The SMILES string of the molecule is N=C(N)c1ccc(C(=O)c2nc3ccccc3[nH]2)[nH]1. The maximum Gasteiger partial charge on any atom is 0.244 e. The van der Waals surface area contributed by atoms with Crippen molar-refractivity contribution in [2.24, 2.45) is 5.73 Å². The molecule has 5 N–H and O–H groups in total. The van der Waals surface area contributed by atoms with Crippen LogP contribution >= 0.6 is 0 Å². The third-order valence-corrected chi connectivity index (χ3v) is 2.83. The lowest BCUT2D eigenvalue weighted by molar-refractivity contribution is 0.102. The lowest BCUT2D eigenvalue weighted by atomic mass is 10.3. The number of nitrogen functional groups attached to an aromatic ring is 1. The van der Waals surface area contributed by atoms with E-state index in [1.807, 2.05) is 24.3 Å². The van der Waals surface area contributed by atoms with Crippen LogP contribution in [0.3, 0.4) is 0 Å². The molecular weight excluding hydrogens is 242 g/mol. The Kier molecular flexibility index (Phi) is 2.42. The molecule has 0 atom stereocenters. The van der Waals surface area contributed by atoms with E-state index in [1.165, 1.54) is 0 Å². The topological polar surface area (TPSA) is 111 Å². The van der Waals surface area contributed by atoms with Gasteiger partial charge in [0.2, 0.25) is 5.78 Å². The fourth-order valence-electron chi connectivity index (χ4n) is 1.87. The van der Waals surface area contributed by atoms with E-state index in [9.17, 15) is 4.79 Å². The van der Waals surface area contributed by atoms with E-state index in [0.29, 0.717) is 11.4 Å². The first-order valence-electron chi connectivity index (χ1n) is 5.68. The summed E-state index contributed by atoms with van der Waals surface area (Å²) >= 11 is 0. The van der Waals surface area contributed by atoms with Crippen LogP contribution in [0.1, 0.15) is 22.0 Å². The second kappa shape index (κ2) is 4.09. The van der Waals surface area contributed by atoms with Gasteiger partial charge in [-0.25, -0.2) is 4.98 Å². The van der Waals surface area contributed by atoms with Crippen molar-refractivity contribution in [3.63, 3.8) is 0 Å². The number of aromatic nitrogens is 3. The molecule has 0 spiro atoms. The summed E-state index contributed by atoms with van der Waals surface area (Å²) in [6.07, 6.45) is 0. The van der Waals surface area contributed by atoms with Crippen molar-refractivity contribution in [1.29, 1.82) is 5.41 Å².